The third-order valence-corrected chi connectivity index (χ3v) is 5.71. The lowest BCUT2D eigenvalue weighted by atomic mass is 10.1. The van der Waals surface area contributed by atoms with E-state index >= 15 is 0 Å². The number of aromatic nitrogens is 2. The van der Waals surface area contributed by atoms with Crippen LogP contribution in [0.25, 0.3) is 11.0 Å². The minimum absolute atomic E-state index is 0.0940. The van der Waals surface area contributed by atoms with Crippen LogP contribution in [0.4, 0.5) is 5.69 Å². The number of benzene rings is 2. The van der Waals surface area contributed by atoms with Gasteiger partial charge in [0.15, 0.2) is 0 Å². The van der Waals surface area contributed by atoms with Crippen LogP contribution in [0.15, 0.2) is 42.5 Å². The van der Waals surface area contributed by atoms with Gasteiger partial charge in [-0.05, 0) is 62.6 Å². The van der Waals surface area contributed by atoms with Gasteiger partial charge in [-0.25, -0.2) is 9.97 Å². The highest BCUT2D eigenvalue weighted by Gasteiger charge is 2.22. The van der Waals surface area contributed by atoms with Crippen LogP contribution in [0.1, 0.15) is 53.0 Å². The summed E-state index contributed by atoms with van der Waals surface area (Å²) in [4.78, 5) is 34.0. The van der Waals surface area contributed by atoms with E-state index in [1.165, 1.54) is 0 Å². The largest absolute Gasteiger partial charge is 0.348 e. The molecule has 30 heavy (non-hydrogen) atoms. The maximum atomic E-state index is 12.6. The van der Waals surface area contributed by atoms with Crippen molar-refractivity contribution in [2.45, 2.75) is 46.1 Å². The molecule has 1 aliphatic carbocycles. The third-order valence-electron chi connectivity index (χ3n) is 5.71. The number of carbonyl (C=O) groups excluding carboxylic acids is 2. The van der Waals surface area contributed by atoms with Crippen molar-refractivity contribution in [1.82, 2.24) is 15.3 Å². The minimum atomic E-state index is -0.169. The number of nitrogens with zero attached hydrogens (tertiary/aromatic N) is 2. The van der Waals surface area contributed by atoms with Gasteiger partial charge in [0.1, 0.15) is 0 Å². The fraction of sp³-hybridized carbons (Fsp3) is 0.333. The Morgan fingerprint density at radius 2 is 1.70 bits per heavy atom. The number of rotatable bonds is 5. The lowest BCUT2D eigenvalue weighted by Gasteiger charge is -2.12. The van der Waals surface area contributed by atoms with Gasteiger partial charge in [-0.2, -0.15) is 0 Å². The fourth-order valence-corrected chi connectivity index (χ4v) is 3.85. The molecule has 0 bridgehead atoms. The van der Waals surface area contributed by atoms with Gasteiger partial charge in [0.2, 0.25) is 5.91 Å². The number of hydrogen-bond acceptors (Lipinski definition) is 4. The van der Waals surface area contributed by atoms with E-state index in [1.54, 1.807) is 12.1 Å². The highest BCUT2D eigenvalue weighted by Crippen LogP contribution is 2.26. The predicted molar refractivity (Wildman–Crippen MR) is 117 cm³/mol. The predicted octanol–water partition coefficient (Wildman–Crippen LogP) is 4.31. The molecule has 2 amide bonds. The molecule has 0 radical (unpaired) electrons. The summed E-state index contributed by atoms with van der Waals surface area (Å²) in [6.45, 7) is 4.21. The van der Waals surface area contributed by atoms with Gasteiger partial charge >= 0.3 is 0 Å². The van der Waals surface area contributed by atoms with Crippen LogP contribution in [-0.2, 0) is 11.3 Å². The third kappa shape index (κ3) is 4.48. The first kappa shape index (κ1) is 20.0. The average molecular weight is 402 g/mol. The van der Waals surface area contributed by atoms with Gasteiger partial charge in [0.25, 0.3) is 5.91 Å². The molecular formula is C24H26N4O2. The van der Waals surface area contributed by atoms with Gasteiger partial charge in [0.05, 0.1) is 22.4 Å². The molecule has 1 fully saturated rings. The van der Waals surface area contributed by atoms with Crippen LogP contribution in [0.3, 0.4) is 0 Å². The minimum Gasteiger partial charge on any atom is -0.348 e. The quantitative estimate of drug-likeness (QED) is 0.666. The van der Waals surface area contributed by atoms with Crippen molar-refractivity contribution >= 4 is 28.5 Å². The van der Waals surface area contributed by atoms with Crippen LogP contribution in [0, 0.1) is 19.8 Å². The van der Waals surface area contributed by atoms with E-state index in [4.69, 9.17) is 0 Å². The molecule has 3 aromatic rings. The molecule has 0 unspecified atom stereocenters. The first-order chi connectivity index (χ1) is 14.5. The summed E-state index contributed by atoms with van der Waals surface area (Å²) >= 11 is 0. The number of carbonyl (C=O) groups is 2. The number of anilines is 1. The molecule has 1 heterocycles. The normalized spacial score (nSPS) is 14.1. The summed E-state index contributed by atoms with van der Waals surface area (Å²) in [6.07, 6.45) is 4.20. The zero-order valence-corrected chi connectivity index (χ0v) is 17.4. The molecule has 0 aliphatic heterocycles. The van der Waals surface area contributed by atoms with E-state index in [2.05, 4.69) is 20.6 Å². The van der Waals surface area contributed by atoms with Crippen LogP contribution >= 0.6 is 0 Å². The average Bonchev–Trinajstić information content (AvgIpc) is 3.28. The summed E-state index contributed by atoms with van der Waals surface area (Å²) in [6, 6.07) is 13.0. The zero-order valence-electron chi connectivity index (χ0n) is 17.4. The molecule has 0 atom stereocenters. The Hall–Kier alpha value is -3.28. The molecule has 1 aliphatic rings. The lowest BCUT2D eigenvalue weighted by Crippen LogP contribution is -2.23. The molecule has 2 aromatic carbocycles. The molecule has 1 aromatic heterocycles. The van der Waals surface area contributed by atoms with Crippen LogP contribution in [0.2, 0.25) is 0 Å². The number of amides is 2. The maximum Gasteiger partial charge on any atom is 0.251 e. The summed E-state index contributed by atoms with van der Waals surface area (Å²) in [5, 5.41) is 5.95. The van der Waals surface area contributed by atoms with Crippen molar-refractivity contribution in [1.29, 1.82) is 0 Å². The zero-order chi connectivity index (χ0) is 21.1. The highest BCUT2D eigenvalue weighted by molar-refractivity contribution is 5.97. The summed E-state index contributed by atoms with van der Waals surface area (Å²) < 4.78 is 0. The molecular weight excluding hydrogens is 376 g/mol. The van der Waals surface area contributed by atoms with Gasteiger partial charge in [-0.15, -0.1) is 0 Å². The van der Waals surface area contributed by atoms with E-state index in [0.717, 1.165) is 53.8 Å². The molecule has 154 valence electrons. The molecule has 0 saturated heterocycles. The number of nitrogens with one attached hydrogen (secondary N) is 2. The fourth-order valence-electron chi connectivity index (χ4n) is 3.85. The first-order valence-corrected chi connectivity index (χ1v) is 10.4. The second-order valence-electron chi connectivity index (χ2n) is 7.95. The van der Waals surface area contributed by atoms with Gasteiger partial charge in [-0.1, -0.05) is 25.0 Å². The molecule has 6 heteroatoms. The topological polar surface area (TPSA) is 84.0 Å². The van der Waals surface area contributed by atoms with Crippen LogP contribution < -0.4 is 10.6 Å². The van der Waals surface area contributed by atoms with E-state index in [-0.39, 0.29) is 17.7 Å². The van der Waals surface area contributed by atoms with Gasteiger partial charge < -0.3 is 10.6 Å². The van der Waals surface area contributed by atoms with E-state index in [1.807, 2.05) is 44.2 Å². The van der Waals surface area contributed by atoms with Crippen molar-refractivity contribution in [3.63, 3.8) is 0 Å². The molecule has 2 N–H and O–H groups in total. The van der Waals surface area contributed by atoms with Crippen molar-refractivity contribution in [2.75, 3.05) is 5.32 Å². The van der Waals surface area contributed by atoms with Crippen molar-refractivity contribution in [3.8, 4) is 0 Å². The second-order valence-corrected chi connectivity index (χ2v) is 7.95. The summed E-state index contributed by atoms with van der Waals surface area (Å²) in [7, 11) is 0. The summed E-state index contributed by atoms with van der Waals surface area (Å²) in [5.74, 6) is 0.0468. The van der Waals surface area contributed by atoms with E-state index in [9.17, 15) is 9.59 Å². The molecule has 4 rings (SSSR count). The smallest absolute Gasteiger partial charge is 0.251 e. The monoisotopic (exact) mass is 402 g/mol. The van der Waals surface area contributed by atoms with E-state index < -0.39 is 0 Å². The second kappa shape index (κ2) is 8.61. The van der Waals surface area contributed by atoms with Crippen molar-refractivity contribution < 1.29 is 9.59 Å². The number of hydrogen-bond donors (Lipinski definition) is 2. The Morgan fingerprint density at radius 3 is 2.47 bits per heavy atom. The lowest BCUT2D eigenvalue weighted by molar-refractivity contribution is -0.119. The van der Waals surface area contributed by atoms with Gasteiger partial charge in [0, 0.05) is 23.7 Å². The Labute approximate surface area is 176 Å². The Bertz CT molecular complexity index is 1100. The number of fused-ring (bicyclic) bond motifs is 1. The highest BCUT2D eigenvalue weighted by atomic mass is 16.2. The molecule has 1 saturated carbocycles. The Kier molecular flexibility index (Phi) is 5.74. The Morgan fingerprint density at radius 1 is 0.967 bits per heavy atom. The van der Waals surface area contributed by atoms with Crippen LogP contribution in [-0.4, -0.2) is 21.8 Å². The maximum absolute atomic E-state index is 12.6. The first-order valence-electron chi connectivity index (χ1n) is 10.4. The van der Waals surface area contributed by atoms with Crippen molar-refractivity contribution in [2.24, 2.45) is 5.92 Å². The van der Waals surface area contributed by atoms with Crippen molar-refractivity contribution in [3.05, 3.63) is 65.0 Å². The number of aryl methyl sites for hydroxylation is 2. The van der Waals surface area contributed by atoms with Crippen LogP contribution in [0.5, 0.6) is 0 Å². The summed E-state index contributed by atoms with van der Waals surface area (Å²) in [5.41, 5.74) is 5.48. The Balaban J connectivity index is 1.40. The standard InChI is InChI=1S/C24H26N4O2/c1-15-16(2)27-22-13-19(10-11-21(22)26-15)23(29)25-14-17-6-5-9-20(12-17)28-24(30)18-7-3-4-8-18/h5-6,9-13,18H,3-4,7-8,14H2,1-2H3,(H,25,29)(H,28,30). The molecule has 0 spiro atoms. The van der Waals surface area contributed by atoms with Gasteiger partial charge in [-0.3, -0.25) is 9.59 Å². The van der Waals surface area contributed by atoms with E-state index in [0.29, 0.717) is 17.6 Å². The SMILES string of the molecule is Cc1nc2ccc(C(=O)NCc3cccc(NC(=O)C4CCCC4)c3)cc2nc1C. The molecule has 6 nitrogen and oxygen atoms in total.